The summed E-state index contributed by atoms with van der Waals surface area (Å²) in [6, 6.07) is 9.29. The van der Waals surface area contributed by atoms with Gasteiger partial charge in [-0.25, -0.2) is 4.98 Å². The number of hydrogen-bond donors (Lipinski definition) is 0. The predicted molar refractivity (Wildman–Crippen MR) is 71.9 cm³/mol. The van der Waals surface area contributed by atoms with Crippen LogP contribution in [-0.2, 0) is 0 Å². The molecule has 0 aliphatic rings. The summed E-state index contributed by atoms with van der Waals surface area (Å²) in [5, 5.41) is 20.5. The lowest BCUT2D eigenvalue weighted by Crippen LogP contribution is -2.19. The molecule has 6 heteroatoms. The van der Waals surface area contributed by atoms with E-state index in [9.17, 15) is 10.1 Å². The third kappa shape index (κ3) is 2.45. The van der Waals surface area contributed by atoms with Gasteiger partial charge in [-0.1, -0.05) is 18.2 Å². The Balaban J connectivity index is 2.62. The Hall–Kier alpha value is -2.68. The van der Waals surface area contributed by atoms with Gasteiger partial charge >= 0.3 is 5.69 Å². The number of fused-ring (bicyclic) bond motifs is 1. The summed E-state index contributed by atoms with van der Waals surface area (Å²) in [6.07, 6.45) is 1.57. The molecule has 0 saturated heterocycles. The van der Waals surface area contributed by atoms with Gasteiger partial charge in [0.25, 0.3) is 0 Å². The fourth-order valence-electron chi connectivity index (χ4n) is 1.98. The average Bonchev–Trinajstić information content (AvgIpc) is 2.43. The monoisotopic (exact) mass is 256 g/mol. The van der Waals surface area contributed by atoms with Gasteiger partial charge in [-0.2, -0.15) is 5.26 Å². The first kappa shape index (κ1) is 12.8. The largest absolute Gasteiger partial charge is 0.367 e. The van der Waals surface area contributed by atoms with Crippen molar-refractivity contribution in [2.24, 2.45) is 0 Å². The van der Waals surface area contributed by atoms with Gasteiger partial charge in [-0.05, 0) is 6.07 Å². The highest BCUT2D eigenvalue weighted by molar-refractivity contribution is 5.96. The lowest BCUT2D eigenvalue weighted by molar-refractivity contribution is -0.384. The van der Waals surface area contributed by atoms with Crippen LogP contribution in [0.2, 0.25) is 0 Å². The van der Waals surface area contributed by atoms with Gasteiger partial charge in [0, 0.05) is 19.0 Å². The number of pyridine rings is 1. The second-order valence-corrected chi connectivity index (χ2v) is 4.10. The van der Waals surface area contributed by atoms with E-state index >= 15 is 0 Å². The minimum atomic E-state index is -0.447. The van der Waals surface area contributed by atoms with E-state index in [0.717, 1.165) is 5.39 Å². The van der Waals surface area contributed by atoms with Gasteiger partial charge in [-0.3, -0.25) is 10.1 Å². The Kier molecular flexibility index (Phi) is 3.57. The zero-order valence-corrected chi connectivity index (χ0v) is 10.4. The molecule has 6 nitrogen and oxygen atoms in total. The molecule has 0 N–H and O–H groups in total. The van der Waals surface area contributed by atoms with Crippen LogP contribution in [0.4, 0.5) is 11.4 Å². The lowest BCUT2D eigenvalue weighted by Gasteiger charge is -2.19. The molecule has 0 radical (unpaired) electrons. The molecule has 2 aromatic rings. The van der Waals surface area contributed by atoms with E-state index in [2.05, 4.69) is 4.98 Å². The Labute approximate surface area is 110 Å². The number of nitrogens with zero attached hydrogens (tertiary/aromatic N) is 4. The van der Waals surface area contributed by atoms with Crippen molar-refractivity contribution < 1.29 is 4.92 Å². The van der Waals surface area contributed by atoms with Crippen molar-refractivity contribution in [3.8, 4) is 6.07 Å². The van der Waals surface area contributed by atoms with E-state index in [4.69, 9.17) is 5.26 Å². The molecule has 1 aromatic carbocycles. The molecule has 0 unspecified atom stereocenters. The van der Waals surface area contributed by atoms with Gasteiger partial charge < -0.3 is 4.90 Å². The molecule has 0 saturated carbocycles. The van der Waals surface area contributed by atoms with Crippen LogP contribution >= 0.6 is 0 Å². The maximum absolute atomic E-state index is 11.1. The Morgan fingerprint density at radius 1 is 1.47 bits per heavy atom. The Morgan fingerprint density at radius 2 is 2.21 bits per heavy atom. The fourth-order valence-corrected chi connectivity index (χ4v) is 1.98. The standard InChI is InChI=1S/C13H12N4O2/c1-16(8-4-7-14)13-10-5-2-3-6-11(10)15-9-12(13)17(18)19/h2-3,5-6,9H,4,8H2,1H3. The molecule has 1 aromatic heterocycles. The topological polar surface area (TPSA) is 83.1 Å². The zero-order chi connectivity index (χ0) is 13.8. The van der Waals surface area contributed by atoms with Gasteiger partial charge in [0.05, 0.1) is 22.9 Å². The van der Waals surface area contributed by atoms with Crippen molar-refractivity contribution in [1.82, 2.24) is 4.98 Å². The van der Waals surface area contributed by atoms with Crippen molar-refractivity contribution in [1.29, 1.82) is 5.26 Å². The highest BCUT2D eigenvalue weighted by Crippen LogP contribution is 2.33. The first-order chi connectivity index (χ1) is 9.15. The van der Waals surface area contributed by atoms with E-state index in [1.165, 1.54) is 6.20 Å². The highest BCUT2D eigenvalue weighted by atomic mass is 16.6. The molecule has 2 rings (SSSR count). The van der Waals surface area contributed by atoms with Crippen LogP contribution in [0.25, 0.3) is 10.9 Å². The Morgan fingerprint density at radius 3 is 2.89 bits per heavy atom. The first-order valence-corrected chi connectivity index (χ1v) is 5.75. The van der Waals surface area contributed by atoms with E-state index in [1.54, 1.807) is 24.1 Å². The van der Waals surface area contributed by atoms with Crippen LogP contribution < -0.4 is 4.90 Å². The number of hydrogen-bond acceptors (Lipinski definition) is 5. The molecule has 0 atom stereocenters. The highest BCUT2D eigenvalue weighted by Gasteiger charge is 2.20. The van der Waals surface area contributed by atoms with Gasteiger partial charge in [0.15, 0.2) is 0 Å². The average molecular weight is 256 g/mol. The second-order valence-electron chi connectivity index (χ2n) is 4.10. The van der Waals surface area contributed by atoms with Crippen LogP contribution in [0.15, 0.2) is 30.5 Å². The molecular weight excluding hydrogens is 244 g/mol. The third-order valence-electron chi connectivity index (χ3n) is 2.87. The van der Waals surface area contributed by atoms with E-state index in [1.807, 2.05) is 18.2 Å². The molecule has 0 aliphatic carbocycles. The maximum Gasteiger partial charge on any atom is 0.311 e. The number of aromatic nitrogens is 1. The predicted octanol–water partition coefficient (Wildman–Crippen LogP) is 2.49. The summed E-state index contributed by atoms with van der Waals surface area (Å²) >= 11 is 0. The quantitative estimate of drug-likeness (QED) is 0.620. The summed E-state index contributed by atoms with van der Waals surface area (Å²) in [4.78, 5) is 16.5. The number of nitro groups is 1. The minimum absolute atomic E-state index is 0.0425. The summed E-state index contributed by atoms with van der Waals surface area (Å²) in [5.41, 5.74) is 1.16. The van der Waals surface area contributed by atoms with Crippen LogP contribution in [0.3, 0.4) is 0 Å². The van der Waals surface area contributed by atoms with Crippen molar-refractivity contribution in [3.63, 3.8) is 0 Å². The van der Waals surface area contributed by atoms with E-state index in [-0.39, 0.29) is 5.69 Å². The molecule has 96 valence electrons. The normalized spacial score (nSPS) is 10.1. The summed E-state index contributed by atoms with van der Waals surface area (Å²) in [5.74, 6) is 0. The smallest absolute Gasteiger partial charge is 0.311 e. The van der Waals surface area contributed by atoms with E-state index < -0.39 is 4.92 Å². The van der Waals surface area contributed by atoms with Crippen molar-refractivity contribution in [2.45, 2.75) is 6.42 Å². The molecule has 19 heavy (non-hydrogen) atoms. The van der Waals surface area contributed by atoms with E-state index in [0.29, 0.717) is 24.2 Å². The van der Waals surface area contributed by atoms with Gasteiger partial charge in [-0.15, -0.1) is 0 Å². The molecule has 0 aliphatic heterocycles. The van der Waals surface area contributed by atoms with Crippen LogP contribution in [0, 0.1) is 21.4 Å². The lowest BCUT2D eigenvalue weighted by atomic mass is 10.1. The number of rotatable bonds is 4. The number of para-hydroxylation sites is 1. The van der Waals surface area contributed by atoms with Crippen LogP contribution in [0.1, 0.15) is 6.42 Å². The second kappa shape index (κ2) is 5.31. The van der Waals surface area contributed by atoms with Gasteiger partial charge in [0.2, 0.25) is 0 Å². The molecule has 0 spiro atoms. The zero-order valence-electron chi connectivity index (χ0n) is 10.4. The molecule has 0 fully saturated rings. The van der Waals surface area contributed by atoms with Crippen molar-refractivity contribution in [2.75, 3.05) is 18.5 Å². The number of nitriles is 1. The number of benzene rings is 1. The molecular formula is C13H12N4O2. The van der Waals surface area contributed by atoms with Crippen LogP contribution in [0.5, 0.6) is 0 Å². The van der Waals surface area contributed by atoms with Crippen molar-refractivity contribution in [3.05, 3.63) is 40.6 Å². The molecule has 0 bridgehead atoms. The molecule has 1 heterocycles. The summed E-state index contributed by atoms with van der Waals surface area (Å²) < 4.78 is 0. The maximum atomic E-state index is 11.1. The minimum Gasteiger partial charge on any atom is -0.367 e. The molecule has 0 amide bonds. The van der Waals surface area contributed by atoms with Gasteiger partial charge in [0.1, 0.15) is 11.9 Å². The SMILES string of the molecule is CN(CCC#N)c1c([N+](=O)[O-])cnc2ccccc12. The van der Waals surface area contributed by atoms with Crippen molar-refractivity contribution >= 4 is 22.3 Å². The fraction of sp³-hybridized carbons (Fsp3) is 0.231. The summed E-state index contributed by atoms with van der Waals surface area (Å²) in [7, 11) is 1.74. The summed E-state index contributed by atoms with van der Waals surface area (Å²) in [6.45, 7) is 0.436. The first-order valence-electron chi connectivity index (χ1n) is 5.75. The number of anilines is 1. The third-order valence-corrected chi connectivity index (χ3v) is 2.87. The Bertz CT molecular complexity index is 663. The van der Waals surface area contributed by atoms with Crippen LogP contribution in [-0.4, -0.2) is 23.5 Å².